The molecule has 0 N–H and O–H groups in total. The molecule has 3 aromatic heterocycles. The number of aromatic nitrogens is 4. The lowest BCUT2D eigenvalue weighted by atomic mass is 9.95. The summed E-state index contributed by atoms with van der Waals surface area (Å²) >= 11 is 1.81. The molecule has 0 fully saturated rings. The van der Waals surface area contributed by atoms with Gasteiger partial charge in [0.25, 0.3) is 0 Å². The van der Waals surface area contributed by atoms with Gasteiger partial charge in [-0.25, -0.2) is 19.9 Å². The molecule has 0 saturated heterocycles. The van der Waals surface area contributed by atoms with Gasteiger partial charge in [0.2, 0.25) is 0 Å². The van der Waals surface area contributed by atoms with Gasteiger partial charge < -0.3 is 0 Å². The summed E-state index contributed by atoms with van der Waals surface area (Å²) in [6.45, 7) is 0. The monoisotopic (exact) mass is 770 g/mol. The van der Waals surface area contributed by atoms with Crippen molar-refractivity contribution in [2.24, 2.45) is 0 Å². The molecule has 0 aliphatic carbocycles. The number of benzene rings is 8. The number of thiophene rings is 1. The van der Waals surface area contributed by atoms with Gasteiger partial charge in [-0.1, -0.05) is 182 Å². The third kappa shape index (κ3) is 6.44. The van der Waals surface area contributed by atoms with E-state index in [2.05, 4.69) is 146 Å². The van der Waals surface area contributed by atoms with Crippen LogP contribution < -0.4 is 0 Å². The smallest absolute Gasteiger partial charge is 0.164 e. The Kier molecular flexibility index (Phi) is 8.64. The lowest BCUT2D eigenvalue weighted by molar-refractivity contribution is 1.07. The Morgan fingerprint density at radius 3 is 1.41 bits per heavy atom. The number of hydrogen-bond donors (Lipinski definition) is 0. The van der Waals surface area contributed by atoms with Crippen LogP contribution >= 0.6 is 11.3 Å². The lowest BCUT2D eigenvalue weighted by Gasteiger charge is -2.13. The zero-order valence-electron chi connectivity index (χ0n) is 31.8. The normalized spacial score (nSPS) is 11.4. The van der Waals surface area contributed by atoms with Crippen molar-refractivity contribution in [2.45, 2.75) is 0 Å². The van der Waals surface area contributed by atoms with Crippen molar-refractivity contribution in [3.05, 3.63) is 206 Å². The van der Waals surface area contributed by atoms with Crippen LogP contribution in [0.4, 0.5) is 0 Å². The Hall–Kier alpha value is -7.60. The molecule has 0 bridgehead atoms. The number of nitrogens with zero attached hydrogens (tertiary/aromatic N) is 4. The van der Waals surface area contributed by atoms with Crippen molar-refractivity contribution in [1.82, 2.24) is 19.9 Å². The third-order valence-corrected chi connectivity index (χ3v) is 12.1. The quantitative estimate of drug-likeness (QED) is 0.162. The largest absolute Gasteiger partial charge is 0.246 e. The van der Waals surface area contributed by atoms with Crippen molar-refractivity contribution in [1.29, 1.82) is 0 Å². The minimum absolute atomic E-state index is 0.628. The van der Waals surface area contributed by atoms with Crippen LogP contribution in [0.15, 0.2) is 206 Å². The molecule has 0 saturated carbocycles. The first-order valence-electron chi connectivity index (χ1n) is 19.7. The lowest BCUT2D eigenvalue weighted by Crippen LogP contribution is -2.00. The van der Waals surface area contributed by atoms with E-state index in [1.54, 1.807) is 0 Å². The molecule has 11 rings (SSSR count). The van der Waals surface area contributed by atoms with Crippen LogP contribution in [0.5, 0.6) is 0 Å². The van der Waals surface area contributed by atoms with E-state index in [0.717, 1.165) is 61.1 Å². The first-order chi connectivity index (χ1) is 29.2. The number of fused-ring (bicyclic) bond motifs is 5. The maximum absolute atomic E-state index is 5.61. The third-order valence-electron chi connectivity index (χ3n) is 10.9. The van der Waals surface area contributed by atoms with E-state index in [1.165, 1.54) is 31.3 Å². The summed E-state index contributed by atoms with van der Waals surface area (Å²) in [7, 11) is 0. The van der Waals surface area contributed by atoms with Crippen LogP contribution in [0.2, 0.25) is 0 Å². The number of pyridine rings is 1. The van der Waals surface area contributed by atoms with Crippen molar-refractivity contribution in [2.75, 3.05) is 0 Å². The fourth-order valence-electron chi connectivity index (χ4n) is 8.05. The van der Waals surface area contributed by atoms with E-state index in [9.17, 15) is 0 Å². The number of rotatable bonds is 7. The van der Waals surface area contributed by atoms with Gasteiger partial charge in [-0.2, -0.15) is 0 Å². The fraction of sp³-hybridized carbons (Fsp3) is 0. The Bertz CT molecular complexity index is 3270. The second kappa shape index (κ2) is 14.7. The van der Waals surface area contributed by atoms with Gasteiger partial charge in [-0.05, 0) is 52.1 Å². The summed E-state index contributed by atoms with van der Waals surface area (Å²) in [4.78, 5) is 20.5. The molecule has 59 heavy (non-hydrogen) atoms. The average Bonchev–Trinajstić information content (AvgIpc) is 3.72. The van der Waals surface area contributed by atoms with Gasteiger partial charge in [0.15, 0.2) is 17.5 Å². The summed E-state index contributed by atoms with van der Waals surface area (Å²) in [5.41, 5.74) is 12.6. The summed E-state index contributed by atoms with van der Waals surface area (Å²) < 4.78 is 2.44. The summed E-state index contributed by atoms with van der Waals surface area (Å²) in [5.74, 6) is 1.91. The molecule has 4 nitrogen and oxygen atoms in total. The topological polar surface area (TPSA) is 51.6 Å². The van der Waals surface area contributed by atoms with Crippen LogP contribution in [0.25, 0.3) is 110 Å². The van der Waals surface area contributed by atoms with Crippen LogP contribution in [0.3, 0.4) is 0 Å². The molecule has 0 atom stereocenters. The molecular weight excluding hydrogens is 737 g/mol. The Morgan fingerprint density at radius 1 is 0.305 bits per heavy atom. The second-order valence-electron chi connectivity index (χ2n) is 14.6. The highest BCUT2D eigenvalue weighted by atomic mass is 32.1. The first-order valence-corrected chi connectivity index (χ1v) is 20.5. The maximum Gasteiger partial charge on any atom is 0.164 e. The zero-order valence-corrected chi connectivity index (χ0v) is 32.6. The van der Waals surface area contributed by atoms with Gasteiger partial charge >= 0.3 is 0 Å². The highest BCUT2D eigenvalue weighted by Gasteiger charge is 2.19. The number of para-hydroxylation sites is 1. The Balaban J connectivity index is 1.06. The predicted octanol–water partition coefficient (Wildman–Crippen LogP) is 14.5. The van der Waals surface area contributed by atoms with Crippen LogP contribution in [0.1, 0.15) is 0 Å². The van der Waals surface area contributed by atoms with Gasteiger partial charge in [0.1, 0.15) is 0 Å². The molecule has 0 aliphatic heterocycles. The molecule has 0 aliphatic rings. The van der Waals surface area contributed by atoms with E-state index in [-0.39, 0.29) is 0 Å². The molecule has 3 heterocycles. The molecule has 0 unspecified atom stereocenters. The van der Waals surface area contributed by atoms with Gasteiger partial charge in [0, 0.05) is 48.7 Å². The fourth-order valence-corrected chi connectivity index (χ4v) is 9.28. The standard InChI is InChI=1S/C54H34N4S/c1-4-16-35(17-5-1)38-22-12-25-41(32-38)44-29-15-30-46-48-45-28-10-11-31-47(45)59-51(48)49(55-50(44)46)42-26-13-23-39(33-42)40-24-14-27-43(34-40)54-57-52(36-18-6-2-7-19-36)56-53(58-54)37-20-8-3-9-21-37/h1-34H. The molecule has 0 amide bonds. The highest BCUT2D eigenvalue weighted by Crippen LogP contribution is 2.45. The van der Waals surface area contributed by atoms with E-state index in [4.69, 9.17) is 19.9 Å². The minimum atomic E-state index is 0.628. The molecule has 276 valence electrons. The second-order valence-corrected chi connectivity index (χ2v) is 15.7. The first kappa shape index (κ1) is 34.6. The predicted molar refractivity (Wildman–Crippen MR) is 246 cm³/mol. The summed E-state index contributed by atoms with van der Waals surface area (Å²) in [5, 5.41) is 3.66. The van der Waals surface area contributed by atoms with Crippen molar-refractivity contribution in [3.63, 3.8) is 0 Å². The number of hydrogen-bond acceptors (Lipinski definition) is 5. The maximum atomic E-state index is 5.61. The molecule has 5 heteroatoms. The van der Waals surface area contributed by atoms with Crippen molar-refractivity contribution < 1.29 is 0 Å². The molecule has 11 aromatic rings. The summed E-state index contributed by atoms with van der Waals surface area (Å²) in [6.07, 6.45) is 0. The van der Waals surface area contributed by atoms with Gasteiger partial charge in [-0.15, -0.1) is 11.3 Å². The van der Waals surface area contributed by atoms with E-state index >= 15 is 0 Å². The summed E-state index contributed by atoms with van der Waals surface area (Å²) in [6, 6.07) is 72.2. The minimum Gasteiger partial charge on any atom is -0.246 e. The zero-order chi connectivity index (χ0) is 39.1. The van der Waals surface area contributed by atoms with Crippen molar-refractivity contribution >= 4 is 42.4 Å². The van der Waals surface area contributed by atoms with Crippen LogP contribution in [0, 0.1) is 0 Å². The molecule has 0 radical (unpaired) electrons. The Labute approximate surface area is 345 Å². The highest BCUT2D eigenvalue weighted by molar-refractivity contribution is 7.26. The SMILES string of the molecule is c1ccc(-c2cccc(-c3cccc4c3nc(-c3cccc(-c5cccc(-c6nc(-c7ccccc7)nc(-c7ccccc7)n6)c5)c3)c3sc5ccccc5c34)c2)cc1. The van der Waals surface area contributed by atoms with Crippen molar-refractivity contribution in [3.8, 4) is 78.8 Å². The average molecular weight is 771 g/mol. The molecular formula is C54H34N4S. The van der Waals surface area contributed by atoms with E-state index in [1.807, 2.05) is 72.0 Å². The van der Waals surface area contributed by atoms with E-state index in [0.29, 0.717) is 17.5 Å². The Morgan fingerprint density at radius 2 is 0.746 bits per heavy atom. The van der Waals surface area contributed by atoms with Crippen LogP contribution in [-0.2, 0) is 0 Å². The molecule has 0 spiro atoms. The van der Waals surface area contributed by atoms with Gasteiger partial charge in [0.05, 0.1) is 15.9 Å². The molecule has 8 aromatic carbocycles. The van der Waals surface area contributed by atoms with E-state index < -0.39 is 0 Å². The van der Waals surface area contributed by atoms with Gasteiger partial charge in [-0.3, -0.25) is 0 Å². The van der Waals surface area contributed by atoms with Crippen LogP contribution in [-0.4, -0.2) is 19.9 Å².